The third kappa shape index (κ3) is 3.01. The number of nitrogens with one attached hydrogen (secondary N) is 1. The van der Waals surface area contributed by atoms with Crippen molar-refractivity contribution in [2.45, 2.75) is 33.2 Å². The number of benzene rings is 1. The summed E-state index contributed by atoms with van der Waals surface area (Å²) in [6.45, 7) is 6.33. The third-order valence-electron chi connectivity index (χ3n) is 3.36. The third-order valence-corrected chi connectivity index (χ3v) is 4.62. The van der Waals surface area contributed by atoms with Crippen LogP contribution in [0.2, 0.25) is 5.02 Å². The van der Waals surface area contributed by atoms with Crippen LogP contribution in [0.25, 0.3) is 0 Å². The average molecular weight is 323 g/mol. The highest BCUT2D eigenvalue weighted by atomic mass is 79.9. The van der Waals surface area contributed by atoms with Crippen molar-refractivity contribution >= 4 is 27.5 Å². The Morgan fingerprint density at radius 2 is 2.06 bits per heavy atom. The van der Waals surface area contributed by atoms with Crippen molar-refractivity contribution in [2.24, 2.45) is 5.41 Å². The van der Waals surface area contributed by atoms with E-state index in [9.17, 15) is 4.39 Å². The largest absolute Gasteiger partial charge is 0.312 e. The SMILES string of the molecule is CCC(C)(C)C(NC)c1ccc(Br)c(Cl)c1F. The van der Waals surface area contributed by atoms with Gasteiger partial charge >= 0.3 is 0 Å². The second-order valence-electron chi connectivity index (χ2n) is 4.83. The van der Waals surface area contributed by atoms with E-state index in [0.29, 0.717) is 10.0 Å². The number of hydrogen-bond acceptors (Lipinski definition) is 1. The Hall–Kier alpha value is -0.120. The van der Waals surface area contributed by atoms with Crippen LogP contribution in [0.15, 0.2) is 16.6 Å². The van der Waals surface area contributed by atoms with Crippen LogP contribution in [0, 0.1) is 11.2 Å². The molecule has 1 nitrogen and oxygen atoms in total. The van der Waals surface area contributed by atoms with Gasteiger partial charge in [-0.25, -0.2) is 4.39 Å². The second-order valence-corrected chi connectivity index (χ2v) is 6.06. The molecule has 0 amide bonds. The Balaban J connectivity index is 3.27. The zero-order valence-corrected chi connectivity index (χ0v) is 12.9. The van der Waals surface area contributed by atoms with Gasteiger partial charge in [-0.15, -0.1) is 0 Å². The maximum Gasteiger partial charge on any atom is 0.147 e. The molecule has 1 N–H and O–H groups in total. The maximum atomic E-state index is 14.2. The van der Waals surface area contributed by atoms with Gasteiger partial charge in [-0.05, 0) is 40.9 Å². The van der Waals surface area contributed by atoms with Crippen molar-refractivity contribution < 1.29 is 4.39 Å². The molecule has 0 aliphatic heterocycles. The number of hydrogen-bond donors (Lipinski definition) is 1. The first-order chi connectivity index (χ1) is 7.85. The first-order valence-electron chi connectivity index (χ1n) is 5.65. The Bertz CT molecular complexity index is 407. The lowest BCUT2D eigenvalue weighted by molar-refractivity contribution is 0.240. The first-order valence-corrected chi connectivity index (χ1v) is 6.83. The van der Waals surface area contributed by atoms with Gasteiger partial charge in [-0.1, -0.05) is 38.4 Å². The van der Waals surface area contributed by atoms with Crippen molar-refractivity contribution in [1.29, 1.82) is 0 Å². The normalized spacial score (nSPS) is 13.8. The standard InChI is InChI=1S/C13H18BrClFN/c1-5-13(2,3)12(17-4)8-6-7-9(14)10(15)11(8)16/h6-7,12,17H,5H2,1-4H3. The molecule has 0 radical (unpaired) electrons. The lowest BCUT2D eigenvalue weighted by Crippen LogP contribution is -2.32. The molecule has 0 saturated heterocycles. The topological polar surface area (TPSA) is 12.0 Å². The van der Waals surface area contributed by atoms with Gasteiger partial charge in [0, 0.05) is 16.1 Å². The highest BCUT2D eigenvalue weighted by Crippen LogP contribution is 2.39. The van der Waals surface area contributed by atoms with Gasteiger partial charge in [0.25, 0.3) is 0 Å². The van der Waals surface area contributed by atoms with Crippen LogP contribution in [0.5, 0.6) is 0 Å². The van der Waals surface area contributed by atoms with Crippen LogP contribution < -0.4 is 5.32 Å². The number of rotatable bonds is 4. The van der Waals surface area contributed by atoms with Crippen molar-refractivity contribution in [3.63, 3.8) is 0 Å². The molecule has 1 atom stereocenters. The molecule has 0 aliphatic rings. The highest BCUT2D eigenvalue weighted by molar-refractivity contribution is 9.10. The quantitative estimate of drug-likeness (QED) is 0.774. The van der Waals surface area contributed by atoms with Crippen LogP contribution in [0.1, 0.15) is 38.8 Å². The molecule has 96 valence electrons. The van der Waals surface area contributed by atoms with E-state index in [1.54, 1.807) is 12.1 Å². The van der Waals surface area contributed by atoms with E-state index in [4.69, 9.17) is 11.6 Å². The molecule has 1 aromatic rings. The molecule has 0 saturated carbocycles. The molecular weight excluding hydrogens is 305 g/mol. The Labute approximate surface area is 116 Å². The van der Waals surface area contributed by atoms with E-state index in [-0.39, 0.29) is 22.3 Å². The average Bonchev–Trinajstić information content (AvgIpc) is 2.30. The lowest BCUT2D eigenvalue weighted by atomic mass is 9.78. The minimum Gasteiger partial charge on any atom is -0.312 e. The van der Waals surface area contributed by atoms with Gasteiger partial charge in [-0.2, -0.15) is 0 Å². The fraction of sp³-hybridized carbons (Fsp3) is 0.538. The van der Waals surface area contributed by atoms with Crippen LogP contribution in [0.3, 0.4) is 0 Å². The Kier molecular flexibility index (Phi) is 4.99. The van der Waals surface area contributed by atoms with Gasteiger partial charge < -0.3 is 5.32 Å². The summed E-state index contributed by atoms with van der Waals surface area (Å²) in [7, 11) is 1.84. The molecule has 1 aromatic carbocycles. The summed E-state index contributed by atoms with van der Waals surface area (Å²) in [5.41, 5.74) is 0.583. The van der Waals surface area contributed by atoms with E-state index in [1.807, 2.05) is 7.05 Å². The molecule has 1 unspecified atom stereocenters. The molecule has 0 aliphatic carbocycles. The van der Waals surface area contributed by atoms with E-state index in [1.165, 1.54) is 0 Å². The highest BCUT2D eigenvalue weighted by Gasteiger charge is 2.30. The Morgan fingerprint density at radius 3 is 2.53 bits per heavy atom. The molecule has 0 spiro atoms. The number of halogens is 3. The van der Waals surface area contributed by atoms with Crippen molar-refractivity contribution in [2.75, 3.05) is 7.05 Å². The summed E-state index contributed by atoms with van der Waals surface area (Å²) in [5, 5.41) is 3.33. The monoisotopic (exact) mass is 321 g/mol. The molecule has 4 heteroatoms. The first kappa shape index (κ1) is 14.9. The van der Waals surface area contributed by atoms with E-state index in [2.05, 4.69) is 42.0 Å². The van der Waals surface area contributed by atoms with E-state index >= 15 is 0 Å². The second kappa shape index (κ2) is 5.68. The lowest BCUT2D eigenvalue weighted by Gasteiger charge is -2.34. The molecule has 17 heavy (non-hydrogen) atoms. The van der Waals surface area contributed by atoms with Gasteiger partial charge in [0.15, 0.2) is 0 Å². The molecule has 1 rings (SSSR count). The summed E-state index contributed by atoms with van der Waals surface area (Å²) in [4.78, 5) is 0. The Morgan fingerprint density at radius 1 is 1.47 bits per heavy atom. The van der Waals surface area contributed by atoms with Gasteiger partial charge in [-0.3, -0.25) is 0 Å². The molecular formula is C13H18BrClFN. The van der Waals surface area contributed by atoms with Crippen LogP contribution in [-0.2, 0) is 0 Å². The molecule has 0 aromatic heterocycles. The van der Waals surface area contributed by atoms with Crippen molar-refractivity contribution in [3.8, 4) is 0 Å². The zero-order valence-electron chi connectivity index (χ0n) is 10.6. The fourth-order valence-corrected chi connectivity index (χ4v) is 2.41. The minimum atomic E-state index is -0.345. The van der Waals surface area contributed by atoms with Crippen LogP contribution in [0.4, 0.5) is 4.39 Å². The molecule has 0 heterocycles. The summed E-state index contributed by atoms with van der Waals surface area (Å²) in [6, 6.07) is 3.51. The summed E-state index contributed by atoms with van der Waals surface area (Å²) in [5.74, 6) is -0.345. The summed E-state index contributed by atoms with van der Waals surface area (Å²) in [6.07, 6.45) is 0.950. The predicted octanol–water partition coefficient (Wildman–Crippen LogP) is 4.94. The fourth-order valence-electron chi connectivity index (χ4n) is 1.94. The molecule has 0 fully saturated rings. The van der Waals surface area contributed by atoms with Crippen molar-refractivity contribution in [1.82, 2.24) is 5.32 Å². The summed E-state index contributed by atoms with van der Waals surface area (Å²) < 4.78 is 14.8. The maximum absolute atomic E-state index is 14.2. The minimum absolute atomic E-state index is 0.0350. The molecule has 0 bridgehead atoms. The smallest absolute Gasteiger partial charge is 0.147 e. The van der Waals surface area contributed by atoms with Gasteiger partial charge in [0.05, 0.1) is 5.02 Å². The zero-order chi connectivity index (χ0) is 13.2. The van der Waals surface area contributed by atoms with Gasteiger partial charge in [0.1, 0.15) is 5.82 Å². The summed E-state index contributed by atoms with van der Waals surface area (Å²) >= 11 is 9.15. The van der Waals surface area contributed by atoms with E-state index < -0.39 is 0 Å². The van der Waals surface area contributed by atoms with Crippen LogP contribution in [-0.4, -0.2) is 7.05 Å². The van der Waals surface area contributed by atoms with Crippen LogP contribution >= 0.6 is 27.5 Å². The van der Waals surface area contributed by atoms with Crippen molar-refractivity contribution in [3.05, 3.63) is 33.0 Å². The predicted molar refractivity (Wildman–Crippen MR) is 75.0 cm³/mol. The van der Waals surface area contributed by atoms with Gasteiger partial charge in [0.2, 0.25) is 0 Å². The van der Waals surface area contributed by atoms with E-state index in [0.717, 1.165) is 6.42 Å².